The normalized spacial score (nSPS) is 22.4. The van der Waals surface area contributed by atoms with Crippen molar-refractivity contribution in [2.45, 2.75) is 24.7 Å². The molecule has 1 heterocycles. The van der Waals surface area contributed by atoms with Crippen LogP contribution < -0.4 is 0 Å². The Kier molecular flexibility index (Phi) is 4.55. The number of rotatable bonds is 5. The molecule has 2 atom stereocenters. The van der Waals surface area contributed by atoms with E-state index in [1.54, 1.807) is 11.8 Å². The number of hydrogen-bond donors (Lipinski definition) is 0. The third-order valence-electron chi connectivity index (χ3n) is 3.14. The SMILES string of the molecule is CC1OCCC1SCC(=O)c1ccc([N+](=O)[O-])cc1. The summed E-state index contributed by atoms with van der Waals surface area (Å²) >= 11 is 1.60. The number of thioether (sulfide) groups is 1. The molecule has 1 aliphatic rings. The number of benzene rings is 1. The van der Waals surface area contributed by atoms with Crippen molar-refractivity contribution in [3.8, 4) is 0 Å². The average molecular weight is 281 g/mol. The number of nitro groups is 1. The molecule has 0 radical (unpaired) electrons. The van der Waals surface area contributed by atoms with Crippen molar-refractivity contribution in [2.24, 2.45) is 0 Å². The first-order valence-electron chi connectivity index (χ1n) is 6.09. The molecule has 1 aliphatic heterocycles. The minimum atomic E-state index is -0.472. The molecule has 1 fully saturated rings. The van der Waals surface area contributed by atoms with E-state index in [1.807, 2.05) is 6.92 Å². The minimum absolute atomic E-state index is 0.000928. The highest BCUT2D eigenvalue weighted by Crippen LogP contribution is 2.27. The minimum Gasteiger partial charge on any atom is -0.377 e. The van der Waals surface area contributed by atoms with E-state index in [2.05, 4.69) is 0 Å². The number of Topliss-reactive ketones (excluding diaryl/α,β-unsaturated/α-hetero) is 1. The number of hydrogen-bond acceptors (Lipinski definition) is 5. The zero-order valence-electron chi connectivity index (χ0n) is 10.6. The van der Waals surface area contributed by atoms with Gasteiger partial charge in [-0.25, -0.2) is 0 Å². The molecule has 102 valence electrons. The summed E-state index contributed by atoms with van der Waals surface area (Å²) in [6.45, 7) is 2.77. The zero-order chi connectivity index (χ0) is 13.8. The fourth-order valence-electron chi connectivity index (χ4n) is 1.97. The van der Waals surface area contributed by atoms with Crippen molar-refractivity contribution < 1.29 is 14.5 Å². The summed E-state index contributed by atoms with van der Waals surface area (Å²) in [5.41, 5.74) is 0.520. The smallest absolute Gasteiger partial charge is 0.269 e. The molecule has 0 bridgehead atoms. The molecule has 2 unspecified atom stereocenters. The molecule has 0 amide bonds. The second-order valence-electron chi connectivity index (χ2n) is 4.44. The van der Waals surface area contributed by atoms with Crippen LogP contribution in [0.5, 0.6) is 0 Å². The van der Waals surface area contributed by atoms with E-state index in [-0.39, 0.29) is 17.6 Å². The molecule has 6 heteroatoms. The number of non-ortho nitro benzene ring substituents is 1. The van der Waals surface area contributed by atoms with Crippen molar-refractivity contribution in [3.63, 3.8) is 0 Å². The van der Waals surface area contributed by atoms with E-state index in [0.29, 0.717) is 16.6 Å². The van der Waals surface area contributed by atoms with Gasteiger partial charge in [0.2, 0.25) is 0 Å². The maximum Gasteiger partial charge on any atom is 0.269 e. The van der Waals surface area contributed by atoms with Crippen LogP contribution in [0.25, 0.3) is 0 Å². The monoisotopic (exact) mass is 281 g/mol. The number of nitrogens with zero attached hydrogens (tertiary/aromatic N) is 1. The third kappa shape index (κ3) is 3.54. The first-order chi connectivity index (χ1) is 9.08. The third-order valence-corrected chi connectivity index (χ3v) is 4.61. The van der Waals surface area contributed by atoms with Crippen molar-refractivity contribution in [3.05, 3.63) is 39.9 Å². The van der Waals surface area contributed by atoms with Crippen LogP contribution in [-0.4, -0.2) is 34.4 Å². The summed E-state index contributed by atoms with van der Waals surface area (Å²) in [5.74, 6) is 0.384. The molecule has 1 saturated heterocycles. The summed E-state index contributed by atoms with van der Waals surface area (Å²) in [6, 6.07) is 5.74. The van der Waals surface area contributed by atoms with Crippen molar-refractivity contribution in [1.29, 1.82) is 0 Å². The molecule has 2 rings (SSSR count). The van der Waals surface area contributed by atoms with E-state index in [9.17, 15) is 14.9 Å². The van der Waals surface area contributed by atoms with Gasteiger partial charge in [0.05, 0.1) is 16.8 Å². The Labute approximate surface area is 115 Å². The predicted octanol–water partition coefficient (Wildman–Crippen LogP) is 2.69. The van der Waals surface area contributed by atoms with Gasteiger partial charge in [-0.15, -0.1) is 11.8 Å². The highest BCUT2D eigenvalue weighted by molar-refractivity contribution is 8.00. The molecule has 1 aromatic carbocycles. The van der Waals surface area contributed by atoms with Gasteiger partial charge in [0.1, 0.15) is 0 Å². The van der Waals surface area contributed by atoms with E-state index in [4.69, 9.17) is 4.74 Å². The van der Waals surface area contributed by atoms with E-state index < -0.39 is 4.92 Å². The maximum atomic E-state index is 12.0. The molecule has 19 heavy (non-hydrogen) atoms. The lowest BCUT2D eigenvalue weighted by Crippen LogP contribution is -2.16. The van der Waals surface area contributed by atoms with Gasteiger partial charge in [-0.1, -0.05) is 0 Å². The Morgan fingerprint density at radius 3 is 2.68 bits per heavy atom. The van der Waals surface area contributed by atoms with Gasteiger partial charge < -0.3 is 4.74 Å². The summed E-state index contributed by atoms with van der Waals surface area (Å²) in [5, 5.41) is 10.9. The lowest BCUT2D eigenvalue weighted by atomic mass is 10.1. The molecule has 0 N–H and O–H groups in total. The molecule has 0 aliphatic carbocycles. The molecule has 0 aromatic heterocycles. The van der Waals surface area contributed by atoms with Crippen LogP contribution in [0.3, 0.4) is 0 Å². The molecule has 0 saturated carbocycles. The zero-order valence-corrected chi connectivity index (χ0v) is 11.4. The van der Waals surface area contributed by atoms with E-state index >= 15 is 0 Å². The van der Waals surface area contributed by atoms with Crippen LogP contribution in [-0.2, 0) is 4.74 Å². The van der Waals surface area contributed by atoms with Crippen molar-refractivity contribution >= 4 is 23.2 Å². The Balaban J connectivity index is 1.90. The van der Waals surface area contributed by atoms with Gasteiger partial charge in [0.15, 0.2) is 5.78 Å². The lowest BCUT2D eigenvalue weighted by molar-refractivity contribution is -0.384. The summed E-state index contributed by atoms with van der Waals surface area (Å²) < 4.78 is 5.44. The highest BCUT2D eigenvalue weighted by atomic mass is 32.2. The van der Waals surface area contributed by atoms with E-state index in [1.165, 1.54) is 24.3 Å². The summed E-state index contributed by atoms with van der Waals surface area (Å²) in [7, 11) is 0. The summed E-state index contributed by atoms with van der Waals surface area (Å²) in [6.07, 6.45) is 1.16. The van der Waals surface area contributed by atoms with Gasteiger partial charge >= 0.3 is 0 Å². The quantitative estimate of drug-likeness (QED) is 0.471. The van der Waals surface area contributed by atoms with Gasteiger partial charge in [0, 0.05) is 29.6 Å². The highest BCUT2D eigenvalue weighted by Gasteiger charge is 2.25. The summed E-state index contributed by atoms with van der Waals surface area (Å²) in [4.78, 5) is 22.0. The lowest BCUT2D eigenvalue weighted by Gasteiger charge is -2.12. The Hall–Kier alpha value is -1.40. The Morgan fingerprint density at radius 2 is 2.16 bits per heavy atom. The van der Waals surface area contributed by atoms with Crippen LogP contribution in [0.15, 0.2) is 24.3 Å². The van der Waals surface area contributed by atoms with Crippen LogP contribution in [0, 0.1) is 10.1 Å². The maximum absolute atomic E-state index is 12.0. The fourth-order valence-corrected chi connectivity index (χ4v) is 3.11. The number of ketones is 1. The van der Waals surface area contributed by atoms with Crippen LogP contribution in [0.1, 0.15) is 23.7 Å². The van der Waals surface area contributed by atoms with Gasteiger partial charge in [-0.05, 0) is 25.5 Å². The van der Waals surface area contributed by atoms with Gasteiger partial charge in [-0.3, -0.25) is 14.9 Å². The molecule has 5 nitrogen and oxygen atoms in total. The number of carbonyl (C=O) groups is 1. The molecule has 1 aromatic rings. The van der Waals surface area contributed by atoms with Crippen molar-refractivity contribution in [2.75, 3.05) is 12.4 Å². The van der Waals surface area contributed by atoms with Crippen LogP contribution in [0.2, 0.25) is 0 Å². The largest absolute Gasteiger partial charge is 0.377 e. The van der Waals surface area contributed by atoms with Crippen LogP contribution in [0.4, 0.5) is 5.69 Å². The van der Waals surface area contributed by atoms with Gasteiger partial charge in [-0.2, -0.15) is 0 Å². The Morgan fingerprint density at radius 1 is 1.47 bits per heavy atom. The standard InChI is InChI=1S/C13H15NO4S/c1-9-13(6-7-18-9)19-8-12(15)10-2-4-11(5-3-10)14(16)17/h2-5,9,13H,6-8H2,1H3. The van der Waals surface area contributed by atoms with Crippen LogP contribution >= 0.6 is 11.8 Å². The topological polar surface area (TPSA) is 69.4 Å². The number of nitro benzene ring substituents is 1. The molecule has 0 spiro atoms. The van der Waals surface area contributed by atoms with Gasteiger partial charge in [0.25, 0.3) is 5.69 Å². The molecular formula is C13H15NO4S. The number of ether oxygens (including phenoxy) is 1. The van der Waals surface area contributed by atoms with Crippen molar-refractivity contribution in [1.82, 2.24) is 0 Å². The number of carbonyl (C=O) groups excluding carboxylic acids is 1. The second kappa shape index (κ2) is 6.16. The predicted molar refractivity (Wildman–Crippen MR) is 73.7 cm³/mol. The fraction of sp³-hybridized carbons (Fsp3) is 0.462. The first kappa shape index (κ1) is 14.0. The molecular weight excluding hydrogens is 266 g/mol. The first-order valence-corrected chi connectivity index (χ1v) is 7.13. The Bertz CT molecular complexity index is 474. The van der Waals surface area contributed by atoms with E-state index in [0.717, 1.165) is 13.0 Å². The average Bonchev–Trinajstić information content (AvgIpc) is 2.81. The second-order valence-corrected chi connectivity index (χ2v) is 5.67.